The lowest BCUT2D eigenvalue weighted by atomic mass is 10.1. The van der Waals surface area contributed by atoms with Crippen LogP contribution in [0.15, 0.2) is 10.6 Å². The van der Waals surface area contributed by atoms with E-state index in [0.29, 0.717) is 6.54 Å². The molecule has 2 rings (SSSR count). The molecule has 0 bridgehead atoms. The molecule has 1 aliphatic rings. The fraction of sp³-hybridized carbons (Fsp3) is 0.750. The van der Waals surface area contributed by atoms with Gasteiger partial charge in [0.1, 0.15) is 5.76 Å². The molecule has 1 fully saturated rings. The number of hydrogen-bond acceptors (Lipinski definition) is 4. The molecule has 1 aliphatic carbocycles. The topological polar surface area (TPSA) is 58.3 Å². The second kappa shape index (κ2) is 5.46. The molecule has 0 spiro atoms. The minimum absolute atomic E-state index is 0.208. The molecular weight excluding hydrogens is 204 g/mol. The molecule has 0 aromatic carbocycles. The van der Waals surface area contributed by atoms with E-state index in [4.69, 9.17) is 4.52 Å². The number of rotatable bonds is 3. The smallest absolute Gasteiger partial charge is 0.133 e. The van der Waals surface area contributed by atoms with E-state index in [9.17, 15) is 5.11 Å². The van der Waals surface area contributed by atoms with Gasteiger partial charge < -0.3 is 14.9 Å². The van der Waals surface area contributed by atoms with Gasteiger partial charge in [-0.2, -0.15) is 0 Å². The first kappa shape index (κ1) is 11.6. The first-order valence-corrected chi connectivity index (χ1v) is 6.09. The Morgan fingerprint density at radius 1 is 1.44 bits per heavy atom. The molecule has 2 N–H and O–H groups in total. The van der Waals surface area contributed by atoms with Crippen LogP contribution in [0, 0.1) is 6.92 Å². The molecule has 90 valence electrons. The summed E-state index contributed by atoms with van der Waals surface area (Å²) in [4.78, 5) is 0. The Morgan fingerprint density at radius 3 is 3.00 bits per heavy atom. The third kappa shape index (κ3) is 3.06. The third-order valence-corrected chi connectivity index (χ3v) is 3.20. The van der Waals surface area contributed by atoms with Crippen LogP contribution in [0.4, 0.5) is 0 Å². The van der Waals surface area contributed by atoms with E-state index in [0.717, 1.165) is 30.7 Å². The molecule has 1 saturated carbocycles. The first-order chi connectivity index (χ1) is 7.75. The molecule has 16 heavy (non-hydrogen) atoms. The summed E-state index contributed by atoms with van der Waals surface area (Å²) in [6.07, 6.45) is 5.33. The van der Waals surface area contributed by atoms with E-state index in [1.165, 1.54) is 12.8 Å². The van der Waals surface area contributed by atoms with Gasteiger partial charge in [0.05, 0.1) is 11.8 Å². The molecule has 0 saturated heterocycles. The molecule has 1 aromatic rings. The Kier molecular flexibility index (Phi) is 3.96. The van der Waals surface area contributed by atoms with Crippen molar-refractivity contribution < 1.29 is 9.63 Å². The molecule has 0 aliphatic heterocycles. The second-order valence-electron chi connectivity index (χ2n) is 4.62. The van der Waals surface area contributed by atoms with Crippen LogP contribution >= 0.6 is 0 Å². The third-order valence-electron chi connectivity index (χ3n) is 3.20. The maximum absolute atomic E-state index is 9.93. The average Bonchev–Trinajstić information content (AvgIpc) is 2.56. The van der Waals surface area contributed by atoms with Crippen molar-refractivity contribution in [2.24, 2.45) is 0 Å². The molecule has 0 amide bonds. The van der Waals surface area contributed by atoms with Gasteiger partial charge in [-0.05, 0) is 19.8 Å². The standard InChI is InChI=1S/C12H20N2O2/c1-9-7-10(14-16-9)8-13-11-5-3-2-4-6-12(11)15/h7,11-13,15H,2-6,8H2,1H3. The number of aromatic nitrogens is 1. The Bertz CT molecular complexity index is 325. The van der Waals surface area contributed by atoms with Crippen LogP contribution in [-0.2, 0) is 6.54 Å². The summed E-state index contributed by atoms with van der Waals surface area (Å²) in [5, 5.41) is 17.2. The number of nitrogens with zero attached hydrogens (tertiary/aromatic N) is 1. The molecule has 1 aromatic heterocycles. The summed E-state index contributed by atoms with van der Waals surface area (Å²) in [5.41, 5.74) is 0.911. The highest BCUT2D eigenvalue weighted by atomic mass is 16.5. The van der Waals surface area contributed by atoms with Gasteiger partial charge in [-0.25, -0.2) is 0 Å². The maximum atomic E-state index is 9.93. The van der Waals surface area contributed by atoms with Crippen LogP contribution in [0.5, 0.6) is 0 Å². The summed E-state index contributed by atoms with van der Waals surface area (Å²) in [6, 6.07) is 2.13. The minimum Gasteiger partial charge on any atom is -0.392 e. The number of hydrogen-bond donors (Lipinski definition) is 2. The monoisotopic (exact) mass is 224 g/mol. The van der Waals surface area contributed by atoms with Gasteiger partial charge in [-0.1, -0.05) is 24.4 Å². The highest BCUT2D eigenvalue weighted by Gasteiger charge is 2.21. The zero-order chi connectivity index (χ0) is 11.4. The van der Waals surface area contributed by atoms with Gasteiger partial charge in [0.2, 0.25) is 0 Å². The molecule has 1 heterocycles. The zero-order valence-electron chi connectivity index (χ0n) is 9.78. The van der Waals surface area contributed by atoms with Crippen LogP contribution in [0.2, 0.25) is 0 Å². The fourth-order valence-electron chi connectivity index (χ4n) is 2.26. The molecule has 4 nitrogen and oxygen atoms in total. The van der Waals surface area contributed by atoms with Crippen molar-refractivity contribution in [3.05, 3.63) is 17.5 Å². The van der Waals surface area contributed by atoms with E-state index >= 15 is 0 Å². The normalized spacial score (nSPS) is 26.6. The summed E-state index contributed by atoms with van der Waals surface area (Å²) in [5.74, 6) is 0.832. The van der Waals surface area contributed by atoms with Crippen LogP contribution in [-0.4, -0.2) is 22.4 Å². The zero-order valence-corrected chi connectivity index (χ0v) is 9.78. The average molecular weight is 224 g/mol. The van der Waals surface area contributed by atoms with Gasteiger partial charge in [0.25, 0.3) is 0 Å². The van der Waals surface area contributed by atoms with E-state index in [1.807, 2.05) is 13.0 Å². The van der Waals surface area contributed by atoms with E-state index < -0.39 is 0 Å². The lowest BCUT2D eigenvalue weighted by Crippen LogP contribution is -2.38. The number of aliphatic hydroxyl groups is 1. The largest absolute Gasteiger partial charge is 0.392 e. The van der Waals surface area contributed by atoms with E-state index in [2.05, 4.69) is 10.5 Å². The molecule has 4 heteroatoms. The van der Waals surface area contributed by atoms with Crippen molar-refractivity contribution in [1.82, 2.24) is 10.5 Å². The number of aliphatic hydroxyl groups excluding tert-OH is 1. The molecular formula is C12H20N2O2. The fourth-order valence-corrected chi connectivity index (χ4v) is 2.26. The van der Waals surface area contributed by atoms with Crippen molar-refractivity contribution in [1.29, 1.82) is 0 Å². The number of aryl methyl sites for hydroxylation is 1. The molecule has 2 atom stereocenters. The Hall–Kier alpha value is -0.870. The highest BCUT2D eigenvalue weighted by molar-refractivity contribution is 5.03. The van der Waals surface area contributed by atoms with Crippen molar-refractivity contribution >= 4 is 0 Å². The Balaban J connectivity index is 1.83. The quantitative estimate of drug-likeness (QED) is 0.768. The maximum Gasteiger partial charge on any atom is 0.133 e. The van der Waals surface area contributed by atoms with Gasteiger partial charge in [-0.3, -0.25) is 0 Å². The summed E-state index contributed by atoms with van der Waals surface area (Å²) in [6.45, 7) is 2.57. The van der Waals surface area contributed by atoms with Gasteiger partial charge >= 0.3 is 0 Å². The van der Waals surface area contributed by atoms with Gasteiger partial charge in [0.15, 0.2) is 0 Å². The van der Waals surface area contributed by atoms with Crippen molar-refractivity contribution in [3.8, 4) is 0 Å². The predicted octanol–water partition coefficient (Wildman–Crippen LogP) is 1.77. The second-order valence-corrected chi connectivity index (χ2v) is 4.62. The molecule has 0 radical (unpaired) electrons. The van der Waals surface area contributed by atoms with Crippen LogP contribution in [0.1, 0.15) is 43.6 Å². The Labute approximate surface area is 96.0 Å². The first-order valence-electron chi connectivity index (χ1n) is 6.09. The summed E-state index contributed by atoms with van der Waals surface area (Å²) >= 11 is 0. The number of nitrogens with one attached hydrogen (secondary N) is 1. The van der Waals surface area contributed by atoms with E-state index in [1.54, 1.807) is 0 Å². The van der Waals surface area contributed by atoms with Gasteiger partial charge in [0, 0.05) is 18.7 Å². The summed E-state index contributed by atoms with van der Waals surface area (Å²) in [7, 11) is 0. The Morgan fingerprint density at radius 2 is 2.25 bits per heavy atom. The lowest BCUT2D eigenvalue weighted by molar-refractivity contribution is 0.119. The predicted molar refractivity (Wildman–Crippen MR) is 61.0 cm³/mol. The highest BCUT2D eigenvalue weighted by Crippen LogP contribution is 2.18. The van der Waals surface area contributed by atoms with Gasteiger partial charge in [-0.15, -0.1) is 0 Å². The molecule has 2 unspecified atom stereocenters. The van der Waals surface area contributed by atoms with Crippen LogP contribution < -0.4 is 5.32 Å². The minimum atomic E-state index is -0.213. The SMILES string of the molecule is Cc1cc(CNC2CCCCCC2O)no1. The van der Waals surface area contributed by atoms with E-state index in [-0.39, 0.29) is 12.1 Å². The van der Waals surface area contributed by atoms with Crippen LogP contribution in [0.25, 0.3) is 0 Å². The lowest BCUT2D eigenvalue weighted by Gasteiger charge is -2.21. The van der Waals surface area contributed by atoms with Crippen LogP contribution in [0.3, 0.4) is 0 Å². The van der Waals surface area contributed by atoms with Crippen molar-refractivity contribution in [2.75, 3.05) is 0 Å². The summed E-state index contributed by atoms with van der Waals surface area (Å²) < 4.78 is 5.00. The van der Waals surface area contributed by atoms with Crippen molar-refractivity contribution in [2.45, 2.75) is 57.7 Å². The van der Waals surface area contributed by atoms with Crippen molar-refractivity contribution in [3.63, 3.8) is 0 Å².